The summed E-state index contributed by atoms with van der Waals surface area (Å²) in [5.74, 6) is 0.560. The SMILES string of the molecule is O=C(C1CN(c2cc(=O)n3ccccc3n2)CCO1)N1CCOCC1. The zero-order chi connectivity index (χ0) is 17.2. The summed E-state index contributed by atoms with van der Waals surface area (Å²) in [5, 5.41) is 0. The van der Waals surface area contributed by atoms with Crippen LogP contribution in [0.4, 0.5) is 5.82 Å². The molecule has 0 saturated carbocycles. The van der Waals surface area contributed by atoms with Crippen molar-refractivity contribution in [2.24, 2.45) is 0 Å². The average molecular weight is 344 g/mol. The Kier molecular flexibility index (Phi) is 4.37. The number of aromatic nitrogens is 2. The standard InChI is InChI=1S/C17H20N4O4/c22-16-11-15(18-14-3-1-2-4-21(14)16)20-7-10-25-13(12-20)17(23)19-5-8-24-9-6-19/h1-4,11,13H,5-10,12H2. The topological polar surface area (TPSA) is 76.4 Å². The molecule has 25 heavy (non-hydrogen) atoms. The van der Waals surface area contributed by atoms with Crippen LogP contribution in [-0.4, -0.2) is 72.3 Å². The molecule has 0 N–H and O–H groups in total. The van der Waals surface area contributed by atoms with E-state index in [4.69, 9.17) is 9.47 Å². The van der Waals surface area contributed by atoms with E-state index < -0.39 is 6.10 Å². The monoisotopic (exact) mass is 344 g/mol. The van der Waals surface area contributed by atoms with Crippen LogP contribution in [0.5, 0.6) is 0 Å². The summed E-state index contributed by atoms with van der Waals surface area (Å²) in [4.78, 5) is 33.2. The number of amides is 1. The number of fused-ring (bicyclic) bond motifs is 1. The zero-order valence-electron chi connectivity index (χ0n) is 13.8. The van der Waals surface area contributed by atoms with Crippen molar-refractivity contribution in [3.63, 3.8) is 0 Å². The third-order valence-corrected chi connectivity index (χ3v) is 4.55. The Labute approximate surface area is 144 Å². The Balaban J connectivity index is 1.55. The molecule has 132 valence electrons. The van der Waals surface area contributed by atoms with E-state index in [9.17, 15) is 9.59 Å². The van der Waals surface area contributed by atoms with Crippen LogP contribution in [0.2, 0.25) is 0 Å². The molecule has 2 saturated heterocycles. The van der Waals surface area contributed by atoms with Crippen molar-refractivity contribution >= 4 is 17.4 Å². The first kappa shape index (κ1) is 16.0. The number of hydrogen-bond acceptors (Lipinski definition) is 6. The summed E-state index contributed by atoms with van der Waals surface area (Å²) in [5.41, 5.74) is 0.454. The Morgan fingerprint density at radius 3 is 2.84 bits per heavy atom. The predicted molar refractivity (Wildman–Crippen MR) is 90.8 cm³/mol. The Hall–Kier alpha value is -2.45. The molecule has 2 aromatic heterocycles. The molecule has 8 nitrogen and oxygen atoms in total. The summed E-state index contributed by atoms with van der Waals surface area (Å²) in [6, 6.07) is 6.94. The number of carbonyl (C=O) groups excluding carboxylic acids is 1. The van der Waals surface area contributed by atoms with Crippen LogP contribution >= 0.6 is 0 Å². The largest absolute Gasteiger partial charge is 0.378 e. The number of rotatable bonds is 2. The van der Waals surface area contributed by atoms with Crippen molar-refractivity contribution in [2.75, 3.05) is 50.9 Å². The van der Waals surface area contributed by atoms with E-state index in [0.717, 1.165) is 0 Å². The quantitative estimate of drug-likeness (QED) is 0.748. The van der Waals surface area contributed by atoms with Crippen molar-refractivity contribution in [3.05, 3.63) is 40.8 Å². The van der Waals surface area contributed by atoms with Crippen molar-refractivity contribution in [3.8, 4) is 0 Å². The van der Waals surface area contributed by atoms with Crippen LogP contribution in [0.1, 0.15) is 0 Å². The molecule has 2 aliphatic heterocycles. The van der Waals surface area contributed by atoms with Crippen molar-refractivity contribution in [2.45, 2.75) is 6.10 Å². The van der Waals surface area contributed by atoms with E-state index >= 15 is 0 Å². The first-order valence-corrected chi connectivity index (χ1v) is 8.44. The summed E-state index contributed by atoms with van der Waals surface area (Å²) in [6.07, 6.45) is 1.15. The molecule has 4 heterocycles. The van der Waals surface area contributed by atoms with Crippen LogP contribution in [-0.2, 0) is 14.3 Å². The normalized spacial score (nSPS) is 21.5. The van der Waals surface area contributed by atoms with Crippen LogP contribution in [0, 0.1) is 0 Å². The highest BCUT2D eigenvalue weighted by Crippen LogP contribution is 2.16. The molecule has 0 aliphatic carbocycles. The van der Waals surface area contributed by atoms with Gasteiger partial charge >= 0.3 is 0 Å². The minimum Gasteiger partial charge on any atom is -0.378 e. The van der Waals surface area contributed by atoms with Crippen LogP contribution in [0.25, 0.3) is 5.65 Å². The lowest BCUT2D eigenvalue weighted by Gasteiger charge is -2.36. The molecule has 4 rings (SSSR count). The molecular weight excluding hydrogens is 324 g/mol. The van der Waals surface area contributed by atoms with Gasteiger partial charge in [0.25, 0.3) is 11.5 Å². The van der Waals surface area contributed by atoms with Crippen molar-refractivity contribution < 1.29 is 14.3 Å². The van der Waals surface area contributed by atoms with Gasteiger partial charge in [-0.3, -0.25) is 14.0 Å². The lowest BCUT2D eigenvalue weighted by atomic mass is 10.2. The molecule has 0 bridgehead atoms. The first-order valence-electron chi connectivity index (χ1n) is 8.44. The van der Waals surface area contributed by atoms with E-state index in [0.29, 0.717) is 57.5 Å². The molecular formula is C17H20N4O4. The molecule has 1 atom stereocenters. The first-order chi connectivity index (χ1) is 12.2. The maximum Gasteiger partial charge on any atom is 0.259 e. The second-order valence-corrected chi connectivity index (χ2v) is 6.12. The third-order valence-electron chi connectivity index (χ3n) is 4.55. The number of morpholine rings is 2. The van der Waals surface area contributed by atoms with Gasteiger partial charge in [0.15, 0.2) is 6.10 Å². The van der Waals surface area contributed by atoms with Gasteiger partial charge in [0, 0.05) is 31.9 Å². The molecule has 2 aliphatic rings. The Bertz CT molecular complexity index is 831. The molecule has 8 heteroatoms. The number of anilines is 1. The predicted octanol–water partition coefficient (Wildman–Crippen LogP) is -0.241. The fraction of sp³-hybridized carbons (Fsp3) is 0.471. The van der Waals surface area contributed by atoms with Gasteiger partial charge in [-0.25, -0.2) is 4.98 Å². The number of carbonyl (C=O) groups is 1. The summed E-state index contributed by atoms with van der Waals surface area (Å²) < 4.78 is 12.5. The highest BCUT2D eigenvalue weighted by atomic mass is 16.5. The molecule has 0 radical (unpaired) electrons. The van der Waals surface area contributed by atoms with Gasteiger partial charge < -0.3 is 19.3 Å². The lowest BCUT2D eigenvalue weighted by Crippen LogP contribution is -2.53. The highest BCUT2D eigenvalue weighted by Gasteiger charge is 2.31. The zero-order valence-corrected chi connectivity index (χ0v) is 13.8. The molecule has 0 aromatic carbocycles. The molecule has 2 aromatic rings. The van der Waals surface area contributed by atoms with Crippen LogP contribution in [0.15, 0.2) is 35.3 Å². The van der Waals surface area contributed by atoms with Gasteiger partial charge in [0.2, 0.25) is 0 Å². The summed E-state index contributed by atoms with van der Waals surface area (Å²) in [6.45, 7) is 3.73. The van der Waals surface area contributed by atoms with Crippen molar-refractivity contribution in [1.82, 2.24) is 14.3 Å². The van der Waals surface area contributed by atoms with Gasteiger partial charge in [0.05, 0.1) is 26.4 Å². The second-order valence-electron chi connectivity index (χ2n) is 6.12. The van der Waals surface area contributed by atoms with Crippen LogP contribution < -0.4 is 10.5 Å². The number of ether oxygens (including phenoxy) is 2. The summed E-state index contributed by atoms with van der Waals surface area (Å²) in [7, 11) is 0. The minimum absolute atomic E-state index is 0.0227. The van der Waals surface area contributed by atoms with Gasteiger partial charge in [-0.05, 0) is 12.1 Å². The van der Waals surface area contributed by atoms with Crippen molar-refractivity contribution in [1.29, 1.82) is 0 Å². The number of hydrogen-bond donors (Lipinski definition) is 0. The number of pyridine rings is 1. The summed E-state index contributed by atoms with van der Waals surface area (Å²) >= 11 is 0. The molecule has 1 unspecified atom stereocenters. The van der Waals surface area contributed by atoms with E-state index in [1.165, 1.54) is 10.5 Å². The maximum atomic E-state index is 12.6. The highest BCUT2D eigenvalue weighted by molar-refractivity contribution is 5.82. The van der Waals surface area contributed by atoms with E-state index in [1.807, 2.05) is 11.0 Å². The Morgan fingerprint density at radius 2 is 2.00 bits per heavy atom. The Morgan fingerprint density at radius 1 is 1.16 bits per heavy atom. The lowest BCUT2D eigenvalue weighted by molar-refractivity contribution is -0.148. The minimum atomic E-state index is -0.539. The van der Waals surface area contributed by atoms with E-state index in [2.05, 4.69) is 4.98 Å². The van der Waals surface area contributed by atoms with Gasteiger partial charge in [-0.2, -0.15) is 0 Å². The smallest absolute Gasteiger partial charge is 0.259 e. The van der Waals surface area contributed by atoms with Crippen LogP contribution in [0.3, 0.4) is 0 Å². The maximum absolute atomic E-state index is 12.6. The average Bonchev–Trinajstić information content (AvgIpc) is 2.68. The third kappa shape index (κ3) is 3.22. The molecule has 1 amide bonds. The van der Waals surface area contributed by atoms with Gasteiger partial charge in [-0.15, -0.1) is 0 Å². The second kappa shape index (κ2) is 6.81. The van der Waals surface area contributed by atoms with Gasteiger partial charge in [-0.1, -0.05) is 6.07 Å². The van der Waals surface area contributed by atoms with Gasteiger partial charge in [0.1, 0.15) is 11.5 Å². The fourth-order valence-corrected chi connectivity index (χ4v) is 3.20. The fourth-order valence-electron chi connectivity index (χ4n) is 3.20. The van der Waals surface area contributed by atoms with E-state index in [-0.39, 0.29) is 11.5 Å². The number of nitrogens with zero attached hydrogens (tertiary/aromatic N) is 4. The molecule has 2 fully saturated rings. The van der Waals surface area contributed by atoms with E-state index in [1.54, 1.807) is 23.2 Å². The molecule has 0 spiro atoms.